The van der Waals surface area contributed by atoms with Crippen molar-refractivity contribution in [2.75, 3.05) is 11.1 Å². The molecule has 0 spiro atoms. The Balaban J connectivity index is 2.44. The molecule has 0 aliphatic heterocycles. The highest BCUT2D eigenvalue weighted by molar-refractivity contribution is 7.89. The van der Waals surface area contributed by atoms with Crippen molar-refractivity contribution in [3.05, 3.63) is 17.7 Å². The van der Waals surface area contributed by atoms with Gasteiger partial charge in [0.05, 0.1) is 4.90 Å². The van der Waals surface area contributed by atoms with Crippen LogP contribution in [0.3, 0.4) is 0 Å². The van der Waals surface area contributed by atoms with Gasteiger partial charge in [-0.25, -0.2) is 13.6 Å². The van der Waals surface area contributed by atoms with Crippen LogP contribution in [0, 0.1) is 6.92 Å². The lowest BCUT2D eigenvalue weighted by atomic mass is 9.99. The number of anilines is 2. The summed E-state index contributed by atoms with van der Waals surface area (Å²) in [4.78, 5) is 0.0941. The van der Waals surface area contributed by atoms with Gasteiger partial charge in [0.25, 0.3) is 0 Å². The molecule has 1 fully saturated rings. The smallest absolute Gasteiger partial charge is 0.238 e. The van der Waals surface area contributed by atoms with E-state index >= 15 is 0 Å². The van der Waals surface area contributed by atoms with Crippen LogP contribution in [0.2, 0.25) is 0 Å². The van der Waals surface area contributed by atoms with Crippen LogP contribution in [-0.2, 0) is 10.0 Å². The van der Waals surface area contributed by atoms with E-state index in [0.29, 0.717) is 11.3 Å². The number of nitrogens with two attached hydrogens (primary N) is 2. The van der Waals surface area contributed by atoms with Gasteiger partial charge in [-0.05, 0) is 44.4 Å². The fraction of sp³-hybridized carbons (Fsp3) is 0.538. The fourth-order valence-electron chi connectivity index (χ4n) is 2.74. The first kappa shape index (κ1) is 14.1. The first-order chi connectivity index (χ1) is 8.71. The topological polar surface area (TPSA) is 98.2 Å². The van der Waals surface area contributed by atoms with E-state index in [4.69, 9.17) is 10.9 Å². The molecule has 0 atom stereocenters. The van der Waals surface area contributed by atoms with Gasteiger partial charge < -0.3 is 11.1 Å². The first-order valence-corrected chi connectivity index (χ1v) is 7.97. The van der Waals surface area contributed by atoms with Crippen LogP contribution >= 0.6 is 0 Å². The van der Waals surface area contributed by atoms with E-state index in [2.05, 4.69) is 12.2 Å². The lowest BCUT2D eigenvalue weighted by molar-refractivity contribution is 0.532. The van der Waals surface area contributed by atoms with E-state index in [1.54, 1.807) is 13.0 Å². The molecule has 5 nitrogen and oxygen atoms in total. The number of benzene rings is 1. The molecule has 0 unspecified atom stereocenters. The second kappa shape index (κ2) is 4.68. The largest absolute Gasteiger partial charge is 0.399 e. The molecule has 0 radical (unpaired) electrons. The quantitative estimate of drug-likeness (QED) is 0.739. The van der Waals surface area contributed by atoms with Gasteiger partial charge in [0.15, 0.2) is 0 Å². The van der Waals surface area contributed by atoms with Crippen LogP contribution in [0.15, 0.2) is 17.0 Å². The van der Waals surface area contributed by atoms with Crippen molar-refractivity contribution in [1.82, 2.24) is 0 Å². The molecule has 1 aliphatic rings. The minimum Gasteiger partial charge on any atom is -0.399 e. The van der Waals surface area contributed by atoms with Crippen LogP contribution in [-0.4, -0.2) is 14.0 Å². The van der Waals surface area contributed by atoms with E-state index in [1.165, 1.54) is 18.9 Å². The van der Waals surface area contributed by atoms with Crippen molar-refractivity contribution in [2.24, 2.45) is 5.14 Å². The minimum absolute atomic E-state index is 0.00812. The second-order valence-corrected chi connectivity index (χ2v) is 7.16. The second-order valence-electron chi connectivity index (χ2n) is 5.63. The molecule has 0 aromatic heterocycles. The van der Waals surface area contributed by atoms with Gasteiger partial charge in [-0.15, -0.1) is 0 Å². The van der Waals surface area contributed by atoms with Crippen LogP contribution in [0.25, 0.3) is 0 Å². The van der Waals surface area contributed by atoms with Crippen molar-refractivity contribution in [3.63, 3.8) is 0 Å². The molecule has 5 N–H and O–H groups in total. The van der Waals surface area contributed by atoms with Crippen molar-refractivity contribution < 1.29 is 8.42 Å². The lowest BCUT2D eigenvalue weighted by Gasteiger charge is -2.28. The molecule has 1 aromatic carbocycles. The number of sulfonamides is 1. The van der Waals surface area contributed by atoms with Crippen molar-refractivity contribution in [3.8, 4) is 0 Å². The third-order valence-corrected chi connectivity index (χ3v) is 4.87. The zero-order chi connectivity index (χ0) is 14.3. The molecular weight excluding hydrogens is 262 g/mol. The summed E-state index contributed by atoms with van der Waals surface area (Å²) in [6, 6.07) is 3.18. The predicted molar refractivity (Wildman–Crippen MR) is 77.5 cm³/mol. The van der Waals surface area contributed by atoms with Gasteiger partial charge in [0.2, 0.25) is 10.0 Å². The van der Waals surface area contributed by atoms with Crippen molar-refractivity contribution in [1.29, 1.82) is 0 Å². The summed E-state index contributed by atoms with van der Waals surface area (Å²) in [6.07, 6.45) is 4.53. The number of nitrogens with one attached hydrogen (secondary N) is 1. The van der Waals surface area contributed by atoms with Crippen molar-refractivity contribution in [2.45, 2.75) is 50.0 Å². The number of hydrogen-bond acceptors (Lipinski definition) is 4. The highest BCUT2D eigenvalue weighted by Gasteiger charge is 2.29. The van der Waals surface area contributed by atoms with Crippen LogP contribution in [0.4, 0.5) is 11.4 Å². The maximum atomic E-state index is 11.6. The maximum Gasteiger partial charge on any atom is 0.238 e. The molecule has 19 heavy (non-hydrogen) atoms. The SMILES string of the molecule is Cc1c(NC2(C)CCCC2)cc(N)cc1S(N)(=O)=O. The summed E-state index contributed by atoms with van der Waals surface area (Å²) in [5, 5.41) is 8.66. The Kier molecular flexibility index (Phi) is 3.49. The molecule has 0 saturated heterocycles. The van der Waals surface area contributed by atoms with Gasteiger partial charge in [0.1, 0.15) is 0 Å². The minimum atomic E-state index is -3.75. The van der Waals surface area contributed by atoms with Crippen LogP contribution < -0.4 is 16.2 Å². The highest BCUT2D eigenvalue weighted by Crippen LogP contribution is 2.35. The van der Waals surface area contributed by atoms with Gasteiger partial charge in [-0.2, -0.15) is 0 Å². The molecule has 1 aliphatic carbocycles. The zero-order valence-corrected chi connectivity index (χ0v) is 12.2. The van der Waals surface area contributed by atoms with Gasteiger partial charge in [-0.1, -0.05) is 12.8 Å². The first-order valence-electron chi connectivity index (χ1n) is 6.42. The molecule has 6 heteroatoms. The zero-order valence-electron chi connectivity index (χ0n) is 11.4. The molecule has 2 rings (SSSR count). The van der Waals surface area contributed by atoms with Crippen molar-refractivity contribution >= 4 is 21.4 Å². The van der Waals surface area contributed by atoms with E-state index in [1.807, 2.05) is 0 Å². The fourth-order valence-corrected chi connectivity index (χ4v) is 3.58. The number of hydrogen-bond donors (Lipinski definition) is 3. The highest BCUT2D eigenvalue weighted by atomic mass is 32.2. The molecular formula is C13H21N3O2S. The lowest BCUT2D eigenvalue weighted by Crippen LogP contribution is -2.31. The number of rotatable bonds is 3. The Morgan fingerprint density at radius 2 is 1.84 bits per heavy atom. The van der Waals surface area contributed by atoms with Crippen LogP contribution in [0.1, 0.15) is 38.2 Å². The molecule has 1 saturated carbocycles. The molecule has 0 bridgehead atoms. The summed E-state index contributed by atoms with van der Waals surface area (Å²) in [7, 11) is -3.75. The molecule has 106 valence electrons. The van der Waals surface area contributed by atoms with Gasteiger partial charge in [-0.3, -0.25) is 0 Å². The Morgan fingerprint density at radius 1 is 1.26 bits per heavy atom. The van der Waals surface area contributed by atoms with Gasteiger partial charge >= 0.3 is 0 Å². The Hall–Kier alpha value is -1.27. The van der Waals surface area contributed by atoms with E-state index in [9.17, 15) is 8.42 Å². The molecule has 1 aromatic rings. The molecule has 0 amide bonds. The standard InChI is InChI=1S/C13H21N3O2S/c1-9-11(16-13(2)5-3-4-6-13)7-10(14)8-12(9)19(15,17)18/h7-8,16H,3-6,14H2,1-2H3,(H2,15,17,18). The summed E-state index contributed by atoms with van der Waals surface area (Å²) < 4.78 is 23.1. The normalized spacial score (nSPS) is 18.5. The van der Waals surface area contributed by atoms with E-state index in [-0.39, 0.29) is 10.4 Å². The Bertz CT molecular complexity index is 590. The average molecular weight is 283 g/mol. The van der Waals surface area contributed by atoms with E-state index < -0.39 is 10.0 Å². The van der Waals surface area contributed by atoms with Crippen LogP contribution in [0.5, 0.6) is 0 Å². The monoisotopic (exact) mass is 283 g/mol. The maximum absolute atomic E-state index is 11.6. The predicted octanol–water partition coefficient (Wildman–Crippen LogP) is 1.97. The third-order valence-electron chi connectivity index (χ3n) is 3.83. The van der Waals surface area contributed by atoms with Gasteiger partial charge in [0, 0.05) is 16.9 Å². The Labute approximate surface area is 114 Å². The summed E-state index contributed by atoms with van der Waals surface area (Å²) >= 11 is 0. The Morgan fingerprint density at radius 3 is 2.37 bits per heavy atom. The van der Waals surface area contributed by atoms with E-state index in [0.717, 1.165) is 18.5 Å². The number of primary sulfonamides is 1. The number of nitrogen functional groups attached to an aromatic ring is 1. The summed E-state index contributed by atoms with van der Waals surface area (Å²) in [5.41, 5.74) is 7.58. The summed E-state index contributed by atoms with van der Waals surface area (Å²) in [6.45, 7) is 3.90. The average Bonchev–Trinajstić information content (AvgIpc) is 2.68. The molecule has 0 heterocycles. The third kappa shape index (κ3) is 3.01. The summed E-state index contributed by atoms with van der Waals surface area (Å²) in [5.74, 6) is 0.